The van der Waals surface area contributed by atoms with Gasteiger partial charge in [-0.2, -0.15) is 10.5 Å². The van der Waals surface area contributed by atoms with Gasteiger partial charge in [0.15, 0.2) is 0 Å². The third kappa shape index (κ3) is 2.78. The minimum Gasteiger partial charge on any atom is -0.274 e. The summed E-state index contributed by atoms with van der Waals surface area (Å²) in [5.41, 5.74) is 3.09. The zero-order valence-electron chi connectivity index (χ0n) is 15.1. The Balaban J connectivity index is 1.78. The van der Waals surface area contributed by atoms with E-state index in [9.17, 15) is 20.1 Å². The van der Waals surface area contributed by atoms with Crippen LogP contribution in [0.5, 0.6) is 0 Å². The first-order chi connectivity index (χ1) is 13.7. The average Bonchev–Trinajstić information content (AvgIpc) is 3.03. The molecule has 1 aliphatic carbocycles. The molecule has 1 aliphatic heterocycles. The maximum atomic E-state index is 13.2. The molecular weight excluding hydrogens is 350 g/mol. The van der Waals surface area contributed by atoms with Gasteiger partial charge in [-0.1, -0.05) is 42.5 Å². The summed E-state index contributed by atoms with van der Waals surface area (Å²) in [7, 11) is 0. The van der Waals surface area contributed by atoms with Gasteiger partial charge in [-0.3, -0.25) is 14.5 Å². The highest BCUT2D eigenvalue weighted by Gasteiger charge is 2.46. The van der Waals surface area contributed by atoms with Crippen LogP contribution >= 0.6 is 0 Å². The number of rotatable bonds is 2. The van der Waals surface area contributed by atoms with E-state index >= 15 is 0 Å². The van der Waals surface area contributed by atoms with E-state index in [1.54, 1.807) is 24.3 Å². The smallest absolute Gasteiger partial charge is 0.238 e. The van der Waals surface area contributed by atoms with Crippen molar-refractivity contribution in [3.05, 3.63) is 71.3 Å². The van der Waals surface area contributed by atoms with E-state index in [0.29, 0.717) is 17.7 Å². The summed E-state index contributed by atoms with van der Waals surface area (Å²) in [5, 5.41) is 19.0. The van der Waals surface area contributed by atoms with Crippen LogP contribution in [0.25, 0.3) is 5.57 Å². The fourth-order valence-electron chi connectivity index (χ4n) is 4.34. The molecule has 2 aromatic rings. The van der Waals surface area contributed by atoms with Crippen LogP contribution in [0.2, 0.25) is 0 Å². The van der Waals surface area contributed by atoms with Gasteiger partial charge < -0.3 is 0 Å². The summed E-state index contributed by atoms with van der Waals surface area (Å²) in [6, 6.07) is 20.5. The standard InChI is InChI=1S/C23H17N3O2/c24-13-16(14-25)22-18-9-5-4-6-15(18)10-11-19(22)20-12-21(27)26(23(20)28)17-7-2-1-3-8-17/h1-9,19-20H,10-12H2/t19-,20+/m0/s1. The highest BCUT2D eigenvalue weighted by atomic mass is 16.2. The third-order valence-electron chi connectivity index (χ3n) is 5.58. The normalized spacial score (nSPS) is 21.1. The number of benzene rings is 2. The van der Waals surface area contributed by atoms with Crippen LogP contribution in [0.15, 0.2) is 60.2 Å². The number of aryl methyl sites for hydroxylation is 1. The van der Waals surface area contributed by atoms with E-state index < -0.39 is 5.92 Å². The summed E-state index contributed by atoms with van der Waals surface area (Å²) in [4.78, 5) is 27.1. The number of fused-ring (bicyclic) bond motifs is 1. The number of allylic oxidation sites excluding steroid dienone is 2. The highest BCUT2D eigenvalue weighted by Crippen LogP contribution is 2.45. The summed E-state index contributed by atoms with van der Waals surface area (Å²) in [6.45, 7) is 0. The number of hydrogen-bond acceptors (Lipinski definition) is 4. The minimum atomic E-state index is -0.562. The fraction of sp³-hybridized carbons (Fsp3) is 0.217. The Morgan fingerprint density at radius 1 is 0.929 bits per heavy atom. The lowest BCUT2D eigenvalue weighted by Gasteiger charge is -2.31. The molecule has 0 saturated carbocycles. The van der Waals surface area contributed by atoms with Crippen molar-refractivity contribution >= 4 is 23.1 Å². The topological polar surface area (TPSA) is 85.0 Å². The van der Waals surface area contributed by atoms with E-state index in [4.69, 9.17) is 0 Å². The molecule has 5 heteroatoms. The Bertz CT molecular complexity index is 1060. The quantitative estimate of drug-likeness (QED) is 0.599. The summed E-state index contributed by atoms with van der Waals surface area (Å²) in [6.07, 6.45) is 1.47. The Morgan fingerprint density at radius 3 is 2.32 bits per heavy atom. The van der Waals surface area contributed by atoms with Crippen LogP contribution in [0, 0.1) is 34.5 Å². The van der Waals surface area contributed by atoms with E-state index in [0.717, 1.165) is 17.5 Å². The molecular formula is C23H17N3O2. The minimum absolute atomic E-state index is 0.0237. The van der Waals surface area contributed by atoms with E-state index in [-0.39, 0.29) is 29.7 Å². The molecule has 1 fully saturated rings. The predicted molar refractivity (Wildman–Crippen MR) is 103 cm³/mol. The first kappa shape index (κ1) is 17.7. The van der Waals surface area contributed by atoms with Gasteiger partial charge in [0.1, 0.15) is 17.7 Å². The zero-order valence-corrected chi connectivity index (χ0v) is 15.1. The lowest BCUT2D eigenvalue weighted by atomic mass is 9.71. The van der Waals surface area contributed by atoms with Crippen LogP contribution in [0.4, 0.5) is 5.69 Å². The molecule has 2 amide bonds. The van der Waals surface area contributed by atoms with Gasteiger partial charge in [-0.25, -0.2) is 0 Å². The molecule has 0 aromatic heterocycles. The van der Waals surface area contributed by atoms with Crippen molar-refractivity contribution in [2.45, 2.75) is 19.3 Å². The van der Waals surface area contributed by atoms with Gasteiger partial charge >= 0.3 is 0 Å². The van der Waals surface area contributed by atoms with Gasteiger partial charge in [0.2, 0.25) is 11.8 Å². The second kappa shape index (κ2) is 7.13. The fourth-order valence-corrected chi connectivity index (χ4v) is 4.34. The number of para-hydroxylation sites is 1. The maximum Gasteiger partial charge on any atom is 0.238 e. The van der Waals surface area contributed by atoms with Gasteiger partial charge in [0.25, 0.3) is 0 Å². The molecule has 2 aliphatic rings. The van der Waals surface area contributed by atoms with Crippen LogP contribution in [-0.2, 0) is 16.0 Å². The second-order valence-corrected chi connectivity index (χ2v) is 7.03. The van der Waals surface area contributed by atoms with Gasteiger partial charge in [-0.15, -0.1) is 0 Å². The Kier molecular flexibility index (Phi) is 4.51. The third-order valence-corrected chi connectivity index (χ3v) is 5.58. The van der Waals surface area contributed by atoms with Crippen LogP contribution in [-0.4, -0.2) is 11.8 Å². The number of imide groups is 1. The van der Waals surface area contributed by atoms with Crippen molar-refractivity contribution in [2.75, 3.05) is 4.90 Å². The van der Waals surface area contributed by atoms with Crippen LogP contribution in [0.3, 0.4) is 0 Å². The van der Waals surface area contributed by atoms with E-state index in [2.05, 4.69) is 0 Å². The predicted octanol–water partition coefficient (Wildman–Crippen LogP) is 3.63. The Morgan fingerprint density at radius 2 is 1.61 bits per heavy atom. The molecule has 0 unspecified atom stereocenters. The first-order valence-corrected chi connectivity index (χ1v) is 9.20. The molecule has 2 atom stereocenters. The maximum absolute atomic E-state index is 13.2. The first-order valence-electron chi connectivity index (χ1n) is 9.20. The second-order valence-electron chi connectivity index (χ2n) is 7.03. The monoisotopic (exact) mass is 367 g/mol. The van der Waals surface area contributed by atoms with Gasteiger partial charge in [0, 0.05) is 6.42 Å². The van der Waals surface area contributed by atoms with Crippen molar-refractivity contribution < 1.29 is 9.59 Å². The molecule has 28 heavy (non-hydrogen) atoms. The molecule has 5 nitrogen and oxygen atoms in total. The molecule has 0 bridgehead atoms. The number of carbonyl (C=O) groups is 2. The average molecular weight is 367 g/mol. The highest BCUT2D eigenvalue weighted by molar-refractivity contribution is 6.21. The summed E-state index contributed by atoms with van der Waals surface area (Å²) in [5.74, 6) is -1.38. The molecule has 0 radical (unpaired) electrons. The number of hydrogen-bond donors (Lipinski definition) is 0. The molecule has 2 aromatic carbocycles. The van der Waals surface area contributed by atoms with Crippen LogP contribution in [0.1, 0.15) is 24.0 Å². The molecule has 1 heterocycles. The van der Waals surface area contributed by atoms with Crippen molar-refractivity contribution in [1.29, 1.82) is 10.5 Å². The molecule has 1 saturated heterocycles. The van der Waals surface area contributed by atoms with Crippen molar-refractivity contribution in [3.8, 4) is 12.1 Å². The molecule has 0 N–H and O–H groups in total. The lowest BCUT2D eigenvalue weighted by molar-refractivity contribution is -0.122. The van der Waals surface area contributed by atoms with E-state index in [1.165, 1.54) is 4.90 Å². The molecule has 0 spiro atoms. The summed E-state index contributed by atoms with van der Waals surface area (Å²) < 4.78 is 0. The number of carbonyl (C=O) groups excluding carboxylic acids is 2. The summed E-state index contributed by atoms with van der Waals surface area (Å²) >= 11 is 0. The van der Waals surface area contributed by atoms with Crippen molar-refractivity contribution in [2.24, 2.45) is 11.8 Å². The molecule has 4 rings (SSSR count). The lowest BCUT2D eigenvalue weighted by Crippen LogP contribution is -2.33. The van der Waals surface area contributed by atoms with Crippen molar-refractivity contribution in [1.82, 2.24) is 0 Å². The largest absolute Gasteiger partial charge is 0.274 e. The zero-order chi connectivity index (χ0) is 19.7. The number of anilines is 1. The Hall–Kier alpha value is -3.70. The molecule has 136 valence electrons. The SMILES string of the molecule is N#CC(C#N)=C1c2ccccc2CC[C@H]1[C@H]1CC(=O)N(c2ccccc2)C1=O. The number of nitriles is 2. The van der Waals surface area contributed by atoms with Gasteiger partial charge in [-0.05, 0) is 47.6 Å². The number of amides is 2. The van der Waals surface area contributed by atoms with Gasteiger partial charge in [0.05, 0.1) is 11.6 Å². The van der Waals surface area contributed by atoms with E-state index in [1.807, 2.05) is 42.5 Å². The number of nitrogens with zero attached hydrogens (tertiary/aromatic N) is 3. The Labute approximate surface area is 163 Å². The van der Waals surface area contributed by atoms with Crippen molar-refractivity contribution in [3.63, 3.8) is 0 Å². The van der Waals surface area contributed by atoms with Crippen LogP contribution < -0.4 is 4.90 Å².